The molecule has 24 heavy (non-hydrogen) atoms. The zero-order chi connectivity index (χ0) is 17.2. The van der Waals surface area contributed by atoms with Gasteiger partial charge in [0, 0.05) is 31.9 Å². The van der Waals surface area contributed by atoms with E-state index in [1.165, 1.54) is 31.4 Å². The van der Waals surface area contributed by atoms with Crippen molar-refractivity contribution in [1.29, 1.82) is 0 Å². The Kier molecular flexibility index (Phi) is 8.57. The Balaban J connectivity index is 1.94. The SMILES string of the molecule is CCCN(Cc1ccccc1OCC(OCC)OCC)CC1CC1. The van der Waals surface area contributed by atoms with Crippen molar-refractivity contribution in [2.75, 3.05) is 32.9 Å². The zero-order valence-corrected chi connectivity index (χ0v) is 15.5. The summed E-state index contributed by atoms with van der Waals surface area (Å²) in [6.07, 6.45) is 3.67. The minimum Gasteiger partial charge on any atom is -0.488 e. The Morgan fingerprint density at radius 2 is 1.79 bits per heavy atom. The van der Waals surface area contributed by atoms with E-state index in [0.717, 1.165) is 24.8 Å². The first-order chi connectivity index (χ1) is 11.8. The van der Waals surface area contributed by atoms with Crippen molar-refractivity contribution in [1.82, 2.24) is 4.90 Å². The Morgan fingerprint density at radius 1 is 1.08 bits per heavy atom. The molecule has 0 unspecified atom stereocenters. The summed E-state index contributed by atoms with van der Waals surface area (Å²) in [6.45, 7) is 11.2. The molecule has 1 fully saturated rings. The first kappa shape index (κ1) is 19.2. The van der Waals surface area contributed by atoms with Crippen molar-refractivity contribution >= 4 is 0 Å². The van der Waals surface area contributed by atoms with Crippen LogP contribution in [0.5, 0.6) is 5.75 Å². The summed E-state index contributed by atoms with van der Waals surface area (Å²) in [7, 11) is 0. The number of rotatable bonds is 13. The van der Waals surface area contributed by atoms with Gasteiger partial charge in [-0.05, 0) is 51.6 Å². The molecule has 1 aliphatic rings. The zero-order valence-electron chi connectivity index (χ0n) is 15.5. The molecule has 0 bridgehead atoms. The predicted octanol–water partition coefficient (Wildman–Crippen LogP) is 4.09. The minimum atomic E-state index is -0.300. The third-order valence-electron chi connectivity index (χ3n) is 4.20. The lowest BCUT2D eigenvalue weighted by molar-refractivity contribution is -0.152. The number of benzene rings is 1. The average molecular weight is 335 g/mol. The van der Waals surface area contributed by atoms with Crippen LogP contribution >= 0.6 is 0 Å². The molecule has 0 radical (unpaired) electrons. The topological polar surface area (TPSA) is 30.9 Å². The molecule has 1 aromatic carbocycles. The Morgan fingerprint density at radius 3 is 2.42 bits per heavy atom. The average Bonchev–Trinajstić information content (AvgIpc) is 3.38. The molecule has 4 heteroatoms. The van der Waals surface area contributed by atoms with Gasteiger partial charge in [0.05, 0.1) is 0 Å². The normalized spacial score (nSPS) is 14.5. The monoisotopic (exact) mass is 335 g/mol. The van der Waals surface area contributed by atoms with Crippen LogP contribution in [0.4, 0.5) is 0 Å². The molecular formula is C20H33NO3. The van der Waals surface area contributed by atoms with Crippen molar-refractivity contribution in [3.8, 4) is 5.75 Å². The molecule has 1 saturated carbocycles. The predicted molar refractivity (Wildman–Crippen MR) is 97.3 cm³/mol. The summed E-state index contributed by atoms with van der Waals surface area (Å²) in [5, 5.41) is 0. The standard InChI is InChI=1S/C20H33NO3/c1-4-13-21(14-17-11-12-17)15-18-9-7-8-10-19(18)24-16-20(22-5-2)23-6-3/h7-10,17,20H,4-6,11-16H2,1-3H3. The van der Waals surface area contributed by atoms with Gasteiger partial charge in [0.15, 0.2) is 6.29 Å². The molecule has 0 N–H and O–H groups in total. The maximum atomic E-state index is 6.03. The third-order valence-corrected chi connectivity index (χ3v) is 4.20. The van der Waals surface area contributed by atoms with Crippen molar-refractivity contribution in [2.24, 2.45) is 5.92 Å². The lowest BCUT2D eigenvalue weighted by Gasteiger charge is -2.24. The van der Waals surface area contributed by atoms with Crippen LogP contribution in [-0.4, -0.2) is 44.1 Å². The quantitative estimate of drug-likeness (QED) is 0.508. The molecule has 0 spiro atoms. The molecule has 136 valence electrons. The van der Waals surface area contributed by atoms with Gasteiger partial charge in [-0.1, -0.05) is 25.1 Å². The summed E-state index contributed by atoms with van der Waals surface area (Å²) >= 11 is 0. The first-order valence-corrected chi connectivity index (χ1v) is 9.43. The molecule has 2 rings (SSSR count). The molecule has 0 saturated heterocycles. The van der Waals surface area contributed by atoms with Crippen molar-refractivity contribution in [3.05, 3.63) is 29.8 Å². The smallest absolute Gasteiger partial charge is 0.191 e. The highest BCUT2D eigenvalue weighted by Gasteiger charge is 2.24. The lowest BCUT2D eigenvalue weighted by atomic mass is 10.1. The summed E-state index contributed by atoms with van der Waals surface area (Å²) in [4.78, 5) is 2.56. The highest BCUT2D eigenvalue weighted by Crippen LogP contribution is 2.31. The van der Waals surface area contributed by atoms with Gasteiger partial charge >= 0.3 is 0 Å². The Hall–Kier alpha value is -1.10. The van der Waals surface area contributed by atoms with Crippen LogP contribution in [0.1, 0.15) is 45.6 Å². The number of hydrogen-bond donors (Lipinski definition) is 0. The van der Waals surface area contributed by atoms with Crippen LogP contribution in [-0.2, 0) is 16.0 Å². The van der Waals surface area contributed by atoms with Gasteiger partial charge in [-0.15, -0.1) is 0 Å². The van der Waals surface area contributed by atoms with Crippen LogP contribution in [0.3, 0.4) is 0 Å². The van der Waals surface area contributed by atoms with Crippen molar-refractivity contribution in [2.45, 2.75) is 52.9 Å². The van der Waals surface area contributed by atoms with Gasteiger partial charge in [-0.2, -0.15) is 0 Å². The largest absolute Gasteiger partial charge is 0.488 e. The summed E-state index contributed by atoms with van der Waals surface area (Å²) in [6, 6.07) is 8.33. The molecule has 1 aromatic rings. The molecule has 0 heterocycles. The first-order valence-electron chi connectivity index (χ1n) is 9.43. The van der Waals surface area contributed by atoms with Crippen molar-refractivity contribution < 1.29 is 14.2 Å². The number of nitrogens with zero attached hydrogens (tertiary/aromatic N) is 1. The van der Waals surface area contributed by atoms with Gasteiger partial charge < -0.3 is 14.2 Å². The fourth-order valence-electron chi connectivity index (χ4n) is 2.91. The molecular weight excluding hydrogens is 302 g/mol. The maximum absolute atomic E-state index is 6.03. The van der Waals surface area contributed by atoms with E-state index in [1.54, 1.807) is 0 Å². The van der Waals surface area contributed by atoms with Gasteiger partial charge in [0.1, 0.15) is 12.4 Å². The van der Waals surface area contributed by atoms with Crippen LogP contribution < -0.4 is 4.74 Å². The van der Waals surface area contributed by atoms with E-state index < -0.39 is 0 Å². The van der Waals surface area contributed by atoms with E-state index >= 15 is 0 Å². The fourth-order valence-corrected chi connectivity index (χ4v) is 2.91. The van der Waals surface area contributed by atoms with Crippen LogP contribution in [0.2, 0.25) is 0 Å². The van der Waals surface area contributed by atoms with Gasteiger partial charge in [0.2, 0.25) is 0 Å². The maximum Gasteiger partial charge on any atom is 0.191 e. The van der Waals surface area contributed by atoms with Crippen LogP contribution in [0.25, 0.3) is 0 Å². The van der Waals surface area contributed by atoms with E-state index in [-0.39, 0.29) is 6.29 Å². The molecule has 0 aliphatic heterocycles. The van der Waals surface area contributed by atoms with Crippen LogP contribution in [0.15, 0.2) is 24.3 Å². The fraction of sp³-hybridized carbons (Fsp3) is 0.700. The van der Waals surface area contributed by atoms with E-state index in [1.807, 2.05) is 26.0 Å². The second kappa shape index (κ2) is 10.7. The molecule has 1 aliphatic carbocycles. The van der Waals surface area contributed by atoms with Crippen molar-refractivity contribution in [3.63, 3.8) is 0 Å². The Labute approximate surface area is 147 Å². The van der Waals surface area contributed by atoms with Gasteiger partial charge in [-0.25, -0.2) is 0 Å². The van der Waals surface area contributed by atoms with E-state index in [0.29, 0.717) is 19.8 Å². The highest BCUT2D eigenvalue weighted by atomic mass is 16.7. The summed E-state index contributed by atoms with van der Waals surface area (Å²) in [5.41, 5.74) is 1.25. The molecule has 0 aromatic heterocycles. The number of para-hydroxylation sites is 1. The molecule has 0 atom stereocenters. The third kappa shape index (κ3) is 6.80. The molecule has 0 amide bonds. The summed E-state index contributed by atoms with van der Waals surface area (Å²) in [5.74, 6) is 1.85. The highest BCUT2D eigenvalue weighted by molar-refractivity contribution is 5.33. The number of hydrogen-bond acceptors (Lipinski definition) is 4. The second-order valence-corrected chi connectivity index (χ2v) is 6.44. The minimum absolute atomic E-state index is 0.300. The van der Waals surface area contributed by atoms with E-state index in [4.69, 9.17) is 14.2 Å². The summed E-state index contributed by atoms with van der Waals surface area (Å²) < 4.78 is 17.2. The van der Waals surface area contributed by atoms with Gasteiger partial charge in [0.25, 0.3) is 0 Å². The molecule has 4 nitrogen and oxygen atoms in total. The van der Waals surface area contributed by atoms with E-state index in [2.05, 4.69) is 24.0 Å². The lowest BCUT2D eigenvalue weighted by Crippen LogP contribution is -2.28. The van der Waals surface area contributed by atoms with Crippen LogP contribution in [0, 0.1) is 5.92 Å². The van der Waals surface area contributed by atoms with E-state index in [9.17, 15) is 0 Å². The Bertz CT molecular complexity index is 456. The number of ether oxygens (including phenoxy) is 3. The van der Waals surface area contributed by atoms with Gasteiger partial charge in [-0.3, -0.25) is 4.90 Å². The second-order valence-electron chi connectivity index (χ2n) is 6.44.